The molecule has 0 heteroatoms. The third-order valence-corrected chi connectivity index (χ3v) is 2.43. The van der Waals surface area contributed by atoms with Crippen molar-refractivity contribution in [3.63, 3.8) is 0 Å². The van der Waals surface area contributed by atoms with E-state index < -0.39 is 0 Å². The topological polar surface area (TPSA) is 0 Å². The lowest BCUT2D eigenvalue weighted by atomic mass is 10.00. The highest BCUT2D eigenvalue weighted by molar-refractivity contribution is 5.47. The molecule has 0 heterocycles. The summed E-state index contributed by atoms with van der Waals surface area (Å²) < 4.78 is 0. The van der Waals surface area contributed by atoms with Gasteiger partial charge in [-0.25, -0.2) is 0 Å². The third-order valence-electron chi connectivity index (χ3n) is 2.43. The van der Waals surface area contributed by atoms with Crippen molar-refractivity contribution in [1.29, 1.82) is 0 Å². The van der Waals surface area contributed by atoms with Crippen LogP contribution < -0.4 is 0 Å². The van der Waals surface area contributed by atoms with Gasteiger partial charge in [0.25, 0.3) is 0 Å². The van der Waals surface area contributed by atoms with Crippen molar-refractivity contribution in [3.8, 4) is 0 Å². The summed E-state index contributed by atoms with van der Waals surface area (Å²) in [7, 11) is 0. The van der Waals surface area contributed by atoms with E-state index in [9.17, 15) is 0 Å². The fourth-order valence-corrected chi connectivity index (χ4v) is 1.75. The quantitative estimate of drug-likeness (QED) is 0.513. The van der Waals surface area contributed by atoms with E-state index in [2.05, 4.69) is 49.8 Å². The maximum Gasteiger partial charge on any atom is 0.0772 e. The van der Waals surface area contributed by atoms with Crippen LogP contribution in [0.5, 0.6) is 0 Å². The lowest BCUT2D eigenvalue weighted by Gasteiger charge is -1.99. The normalized spacial score (nSPS) is 25.6. The van der Waals surface area contributed by atoms with Gasteiger partial charge >= 0.3 is 0 Å². The molecule has 0 N–H and O–H groups in total. The summed E-state index contributed by atoms with van der Waals surface area (Å²) in [5, 5.41) is 0. The zero-order chi connectivity index (χ0) is 8.39. The Bertz CT molecular complexity index is 287. The van der Waals surface area contributed by atoms with Crippen LogP contribution in [-0.2, 0) is 0 Å². The Balaban J connectivity index is 2.38. The van der Waals surface area contributed by atoms with Gasteiger partial charge < -0.3 is 0 Å². The van der Waals surface area contributed by atoms with Crippen LogP contribution in [0.25, 0.3) is 0 Å². The fourth-order valence-electron chi connectivity index (χ4n) is 1.75. The summed E-state index contributed by atoms with van der Waals surface area (Å²) >= 11 is 0. The first-order valence-corrected chi connectivity index (χ1v) is 4.51. The summed E-state index contributed by atoms with van der Waals surface area (Å²) in [4.78, 5) is 0. The molecule has 0 amide bonds. The van der Waals surface area contributed by atoms with Crippen LogP contribution in [0.15, 0.2) is 47.6 Å². The summed E-state index contributed by atoms with van der Waals surface area (Å²) in [6.45, 7) is 2.21. The molecule has 0 saturated heterocycles. The van der Waals surface area contributed by atoms with Gasteiger partial charge in [0, 0.05) is 36.3 Å². The Morgan fingerprint density at radius 1 is 1.25 bits per heavy atom. The molecule has 0 aromatic heterocycles. The molecule has 12 heavy (non-hydrogen) atoms. The average Bonchev–Trinajstić information content (AvgIpc) is 2.33. The van der Waals surface area contributed by atoms with E-state index in [1.54, 1.807) is 0 Å². The first-order chi connectivity index (χ1) is 5.92. The number of rotatable bonds is 1. The molecular weight excluding hydrogens is 144 g/mol. The monoisotopic (exact) mass is 157 g/mol. The predicted octanol–water partition coefficient (Wildman–Crippen LogP) is 3.21. The van der Waals surface area contributed by atoms with Crippen molar-refractivity contribution in [2.45, 2.75) is 13.3 Å². The number of hydrogen-bond acceptors (Lipinski definition) is 0. The van der Waals surface area contributed by atoms with Gasteiger partial charge in [0.15, 0.2) is 0 Å². The standard InChI is InChI=1S/C12H13/c1-2-10-8-9-11-6-4-3-5-7-12(10)11/h3-9,11H,2H2,1H3/q+1. The van der Waals surface area contributed by atoms with Crippen LogP contribution in [0.1, 0.15) is 13.3 Å². The molecule has 0 bridgehead atoms. The smallest absolute Gasteiger partial charge is 0.0612 e. The summed E-state index contributed by atoms with van der Waals surface area (Å²) in [6, 6.07) is 0. The van der Waals surface area contributed by atoms with Crippen LogP contribution in [0.3, 0.4) is 0 Å². The molecule has 1 atom stereocenters. The molecule has 1 unspecified atom stereocenters. The molecular formula is C12H13+. The first kappa shape index (κ1) is 7.48. The second-order valence-corrected chi connectivity index (χ2v) is 3.16. The highest BCUT2D eigenvalue weighted by Gasteiger charge is 2.20. The Morgan fingerprint density at radius 2 is 2.17 bits per heavy atom. The van der Waals surface area contributed by atoms with E-state index in [1.165, 1.54) is 11.1 Å². The highest BCUT2D eigenvalue weighted by atomic mass is 14.2. The van der Waals surface area contributed by atoms with E-state index in [1.807, 2.05) is 0 Å². The van der Waals surface area contributed by atoms with Gasteiger partial charge in [0.2, 0.25) is 0 Å². The summed E-state index contributed by atoms with van der Waals surface area (Å²) in [5.74, 6) is 0.537. The van der Waals surface area contributed by atoms with E-state index in [-0.39, 0.29) is 0 Å². The van der Waals surface area contributed by atoms with Crippen molar-refractivity contribution in [3.05, 3.63) is 54.0 Å². The fraction of sp³-hybridized carbons (Fsp3) is 0.250. The third kappa shape index (κ3) is 1.14. The van der Waals surface area contributed by atoms with Crippen molar-refractivity contribution in [2.75, 3.05) is 0 Å². The minimum atomic E-state index is 0.537. The minimum Gasteiger partial charge on any atom is -0.0612 e. The number of fused-ring (bicyclic) bond motifs is 1. The molecule has 2 aliphatic rings. The Kier molecular flexibility index (Phi) is 1.91. The maximum absolute atomic E-state index is 2.27. The molecule has 2 rings (SSSR count). The number of hydrogen-bond donors (Lipinski definition) is 0. The molecule has 0 aromatic carbocycles. The van der Waals surface area contributed by atoms with E-state index >= 15 is 0 Å². The molecule has 0 aromatic rings. The van der Waals surface area contributed by atoms with Crippen molar-refractivity contribution < 1.29 is 0 Å². The Hall–Kier alpha value is -1.17. The second kappa shape index (κ2) is 3.06. The number of allylic oxidation sites excluding steroid dienone is 8. The van der Waals surface area contributed by atoms with E-state index in [4.69, 9.17) is 0 Å². The highest BCUT2D eigenvalue weighted by Crippen LogP contribution is 2.30. The van der Waals surface area contributed by atoms with Gasteiger partial charge in [0.05, 0.1) is 5.92 Å². The van der Waals surface area contributed by atoms with E-state index in [0.717, 1.165) is 6.42 Å². The average molecular weight is 157 g/mol. The van der Waals surface area contributed by atoms with E-state index in [0.29, 0.717) is 5.92 Å². The Morgan fingerprint density at radius 3 is 3.00 bits per heavy atom. The zero-order valence-electron chi connectivity index (χ0n) is 7.33. The molecule has 0 nitrogen and oxygen atoms in total. The predicted molar refractivity (Wildman–Crippen MR) is 52.5 cm³/mol. The lowest BCUT2D eigenvalue weighted by Crippen LogP contribution is -1.90. The SMILES string of the molecule is CCC1=C2C=C[CH+]C=CC2C=C1. The van der Waals surface area contributed by atoms with Gasteiger partial charge in [-0.05, 0) is 12.0 Å². The lowest BCUT2D eigenvalue weighted by molar-refractivity contribution is 1.01. The molecule has 0 saturated carbocycles. The van der Waals surface area contributed by atoms with Gasteiger partial charge in [-0.2, -0.15) is 0 Å². The van der Waals surface area contributed by atoms with Crippen LogP contribution in [0.4, 0.5) is 0 Å². The van der Waals surface area contributed by atoms with Crippen LogP contribution >= 0.6 is 0 Å². The second-order valence-electron chi connectivity index (χ2n) is 3.16. The molecule has 0 aliphatic heterocycles. The van der Waals surface area contributed by atoms with Crippen LogP contribution in [0.2, 0.25) is 0 Å². The molecule has 0 spiro atoms. The minimum absolute atomic E-state index is 0.537. The molecule has 0 radical (unpaired) electrons. The van der Waals surface area contributed by atoms with Gasteiger partial charge in [-0.15, -0.1) is 0 Å². The van der Waals surface area contributed by atoms with Crippen LogP contribution in [-0.4, -0.2) is 0 Å². The summed E-state index contributed by atoms with van der Waals surface area (Å²) in [5.41, 5.74) is 2.96. The van der Waals surface area contributed by atoms with Gasteiger partial charge in [-0.3, -0.25) is 0 Å². The summed E-state index contributed by atoms with van der Waals surface area (Å²) in [6.07, 6.45) is 16.5. The molecule has 0 fully saturated rings. The molecule has 60 valence electrons. The largest absolute Gasteiger partial charge is 0.0772 e. The van der Waals surface area contributed by atoms with Gasteiger partial charge in [-0.1, -0.05) is 19.1 Å². The van der Waals surface area contributed by atoms with Crippen LogP contribution in [0, 0.1) is 12.3 Å². The van der Waals surface area contributed by atoms with Crippen molar-refractivity contribution >= 4 is 0 Å². The maximum atomic E-state index is 2.27. The molecule has 2 aliphatic carbocycles. The Labute approximate surface area is 74.0 Å². The van der Waals surface area contributed by atoms with Gasteiger partial charge in [0.1, 0.15) is 0 Å². The first-order valence-electron chi connectivity index (χ1n) is 4.51. The van der Waals surface area contributed by atoms with Crippen molar-refractivity contribution in [2.24, 2.45) is 5.92 Å². The zero-order valence-corrected chi connectivity index (χ0v) is 7.33. The van der Waals surface area contributed by atoms with Crippen molar-refractivity contribution in [1.82, 2.24) is 0 Å².